The highest BCUT2D eigenvalue weighted by molar-refractivity contribution is 7.17. The molecule has 1 fully saturated rings. The zero-order chi connectivity index (χ0) is 25.6. The first-order chi connectivity index (χ1) is 17.3. The summed E-state index contributed by atoms with van der Waals surface area (Å²) in [5.41, 5.74) is 0.954. The number of Topliss-reactive ketones (excluding diaryl/α,β-unsaturated/α-hetero) is 1. The molecule has 1 amide bonds. The van der Waals surface area contributed by atoms with Gasteiger partial charge in [0, 0.05) is 10.6 Å². The Labute approximate surface area is 214 Å². The van der Waals surface area contributed by atoms with Crippen molar-refractivity contribution in [1.82, 2.24) is 4.98 Å². The molecule has 11 heteroatoms. The smallest absolute Gasteiger partial charge is 0.350 e. The quantitative estimate of drug-likeness (QED) is 0.232. The summed E-state index contributed by atoms with van der Waals surface area (Å²) in [6, 6.07) is 10.3. The zero-order valence-electron chi connectivity index (χ0n) is 19.1. The first-order valence-electron chi connectivity index (χ1n) is 10.8. The molecule has 36 heavy (non-hydrogen) atoms. The van der Waals surface area contributed by atoms with Gasteiger partial charge in [0.1, 0.15) is 23.9 Å². The van der Waals surface area contributed by atoms with Gasteiger partial charge in [-0.15, -0.1) is 0 Å². The summed E-state index contributed by atoms with van der Waals surface area (Å²) in [4.78, 5) is 44.5. The minimum Gasteiger partial charge on any atom is -0.507 e. The average Bonchev–Trinajstić information content (AvgIpc) is 3.39. The van der Waals surface area contributed by atoms with Crippen molar-refractivity contribution >= 4 is 51.5 Å². The van der Waals surface area contributed by atoms with Gasteiger partial charge in [-0.25, -0.2) is 9.78 Å². The van der Waals surface area contributed by atoms with E-state index in [2.05, 4.69) is 4.98 Å². The minimum absolute atomic E-state index is 0.112. The molecular weight excluding hydrogens is 508 g/mol. The van der Waals surface area contributed by atoms with Crippen LogP contribution < -0.4 is 14.4 Å². The highest BCUT2D eigenvalue weighted by Crippen LogP contribution is 2.45. The summed E-state index contributed by atoms with van der Waals surface area (Å²) in [7, 11) is 1.24. The second-order valence-electron chi connectivity index (χ2n) is 7.99. The van der Waals surface area contributed by atoms with Crippen LogP contribution in [-0.4, -0.2) is 48.1 Å². The number of ketones is 1. The summed E-state index contributed by atoms with van der Waals surface area (Å²) in [6.45, 7) is 2.35. The summed E-state index contributed by atoms with van der Waals surface area (Å²) in [6.07, 6.45) is 0. The number of aliphatic hydroxyl groups is 1. The van der Waals surface area contributed by atoms with Crippen molar-refractivity contribution in [3.8, 4) is 11.5 Å². The van der Waals surface area contributed by atoms with Crippen LogP contribution in [-0.2, 0) is 14.3 Å². The summed E-state index contributed by atoms with van der Waals surface area (Å²) >= 11 is 7.15. The second kappa shape index (κ2) is 9.29. The fourth-order valence-electron chi connectivity index (χ4n) is 4.14. The van der Waals surface area contributed by atoms with Crippen molar-refractivity contribution in [3.05, 3.63) is 74.8 Å². The average molecular weight is 527 g/mol. The van der Waals surface area contributed by atoms with Crippen molar-refractivity contribution in [2.24, 2.45) is 0 Å². The third-order valence-corrected chi connectivity index (χ3v) is 7.16. The minimum atomic E-state index is -1.05. The van der Waals surface area contributed by atoms with Crippen LogP contribution in [0.15, 0.2) is 48.0 Å². The maximum Gasteiger partial charge on any atom is 0.350 e. The van der Waals surface area contributed by atoms with Crippen LogP contribution in [0.2, 0.25) is 5.02 Å². The van der Waals surface area contributed by atoms with E-state index in [1.54, 1.807) is 49.4 Å². The Morgan fingerprint density at radius 2 is 1.92 bits per heavy atom. The molecule has 1 aromatic heterocycles. The van der Waals surface area contributed by atoms with E-state index in [0.717, 1.165) is 11.3 Å². The molecule has 1 atom stereocenters. The number of ether oxygens (including phenoxy) is 3. The number of hydrogen-bond acceptors (Lipinski definition) is 9. The number of rotatable bonds is 4. The number of thiazole rings is 1. The fourth-order valence-corrected chi connectivity index (χ4v) is 5.35. The maximum atomic E-state index is 13.3. The second-order valence-corrected chi connectivity index (χ2v) is 9.40. The molecule has 1 N–H and O–H groups in total. The molecule has 2 aliphatic rings. The summed E-state index contributed by atoms with van der Waals surface area (Å²) in [5.74, 6) is -1.87. The number of hydrogen-bond donors (Lipinski definition) is 1. The highest BCUT2D eigenvalue weighted by Gasteiger charge is 2.48. The first kappa shape index (κ1) is 23.8. The number of amides is 1. The lowest BCUT2D eigenvalue weighted by atomic mass is 9.95. The Kier molecular flexibility index (Phi) is 6.15. The lowest BCUT2D eigenvalue weighted by Crippen LogP contribution is -2.29. The summed E-state index contributed by atoms with van der Waals surface area (Å²) < 4.78 is 15.9. The normalized spacial score (nSPS) is 18.4. The number of carbonyl (C=O) groups excluding carboxylic acids is 3. The van der Waals surface area contributed by atoms with Crippen molar-refractivity contribution < 1.29 is 33.7 Å². The molecule has 0 saturated carbocycles. The van der Waals surface area contributed by atoms with Gasteiger partial charge in [-0.3, -0.25) is 14.5 Å². The number of carbonyl (C=O) groups is 3. The fraction of sp³-hybridized carbons (Fsp3) is 0.200. The molecule has 184 valence electrons. The van der Waals surface area contributed by atoms with E-state index >= 15 is 0 Å². The van der Waals surface area contributed by atoms with Crippen LogP contribution in [0.25, 0.3) is 5.76 Å². The summed E-state index contributed by atoms with van der Waals surface area (Å²) in [5, 5.41) is 11.8. The molecule has 9 nitrogen and oxygen atoms in total. The lowest BCUT2D eigenvalue weighted by molar-refractivity contribution is -0.132. The van der Waals surface area contributed by atoms with Crippen molar-refractivity contribution in [1.29, 1.82) is 0 Å². The van der Waals surface area contributed by atoms with E-state index in [1.165, 1.54) is 12.0 Å². The van der Waals surface area contributed by atoms with E-state index in [4.69, 9.17) is 25.8 Å². The van der Waals surface area contributed by atoms with E-state index in [1.807, 2.05) is 0 Å². The van der Waals surface area contributed by atoms with Gasteiger partial charge in [-0.05, 0) is 42.8 Å². The van der Waals surface area contributed by atoms with Crippen molar-refractivity contribution in [2.75, 3.05) is 25.2 Å². The predicted molar refractivity (Wildman–Crippen MR) is 132 cm³/mol. The van der Waals surface area contributed by atoms with Gasteiger partial charge in [0.2, 0.25) is 0 Å². The van der Waals surface area contributed by atoms with Crippen LogP contribution in [0.3, 0.4) is 0 Å². The third kappa shape index (κ3) is 3.98. The first-order valence-corrected chi connectivity index (χ1v) is 12.0. The monoisotopic (exact) mass is 526 g/mol. The molecule has 2 aliphatic heterocycles. The predicted octanol–water partition coefficient (Wildman–Crippen LogP) is 4.29. The van der Waals surface area contributed by atoms with E-state index in [-0.39, 0.29) is 26.9 Å². The van der Waals surface area contributed by atoms with Crippen LogP contribution in [0, 0.1) is 6.92 Å². The Hall–Kier alpha value is -3.89. The van der Waals surface area contributed by atoms with Gasteiger partial charge < -0.3 is 19.3 Å². The van der Waals surface area contributed by atoms with Crippen LogP contribution >= 0.6 is 22.9 Å². The number of methoxy groups -OCH3 is 1. The Morgan fingerprint density at radius 3 is 2.64 bits per heavy atom. The van der Waals surface area contributed by atoms with Crippen LogP contribution in [0.1, 0.15) is 32.5 Å². The number of nitrogens with zero attached hydrogens (tertiary/aromatic N) is 2. The Bertz CT molecular complexity index is 1450. The molecule has 3 aromatic rings. The molecule has 1 unspecified atom stereocenters. The molecule has 3 heterocycles. The molecule has 0 aliphatic carbocycles. The maximum absolute atomic E-state index is 13.3. The molecule has 1 saturated heterocycles. The molecule has 0 bridgehead atoms. The molecule has 5 rings (SSSR count). The topological polar surface area (TPSA) is 115 Å². The van der Waals surface area contributed by atoms with Gasteiger partial charge in [0.25, 0.3) is 5.78 Å². The largest absolute Gasteiger partial charge is 0.507 e. The molecular formula is C25H19ClN2O7S. The molecule has 0 radical (unpaired) electrons. The zero-order valence-corrected chi connectivity index (χ0v) is 20.7. The number of esters is 1. The number of benzene rings is 2. The number of fused-ring (bicyclic) bond motifs is 1. The SMILES string of the molecule is COC(=O)c1sc(N2C(=O)C(=O)C(=C(O)c3ccc4c(c3)OCCO4)C2c2cccc(Cl)c2)nc1C. The van der Waals surface area contributed by atoms with Gasteiger partial charge in [-0.1, -0.05) is 35.1 Å². The van der Waals surface area contributed by atoms with Gasteiger partial charge in [-0.2, -0.15) is 0 Å². The highest BCUT2D eigenvalue weighted by atomic mass is 35.5. The number of halogens is 1. The third-order valence-electron chi connectivity index (χ3n) is 5.79. The number of anilines is 1. The number of aromatic nitrogens is 1. The lowest BCUT2D eigenvalue weighted by Gasteiger charge is -2.23. The Balaban J connectivity index is 1.69. The molecule has 0 spiro atoms. The van der Waals surface area contributed by atoms with Crippen LogP contribution in [0.4, 0.5) is 5.13 Å². The van der Waals surface area contributed by atoms with Crippen LogP contribution in [0.5, 0.6) is 11.5 Å². The molecule has 2 aromatic carbocycles. The van der Waals surface area contributed by atoms with Crippen molar-refractivity contribution in [3.63, 3.8) is 0 Å². The van der Waals surface area contributed by atoms with Gasteiger partial charge in [0.05, 0.1) is 24.4 Å². The Morgan fingerprint density at radius 1 is 1.17 bits per heavy atom. The van der Waals surface area contributed by atoms with Gasteiger partial charge >= 0.3 is 11.9 Å². The van der Waals surface area contributed by atoms with E-state index < -0.39 is 23.7 Å². The number of aliphatic hydroxyl groups excluding tert-OH is 1. The van der Waals surface area contributed by atoms with E-state index in [9.17, 15) is 19.5 Å². The van der Waals surface area contributed by atoms with Gasteiger partial charge in [0.15, 0.2) is 16.6 Å². The van der Waals surface area contributed by atoms with E-state index in [0.29, 0.717) is 41.0 Å². The van der Waals surface area contributed by atoms with Crippen molar-refractivity contribution in [2.45, 2.75) is 13.0 Å². The number of aryl methyl sites for hydroxylation is 1. The standard InChI is InChI=1S/C25H19ClN2O7S/c1-12-22(24(32)33-2)36-25(27-12)28-19(13-4-3-5-15(26)10-13)18(21(30)23(28)31)20(29)14-6-7-16-17(11-14)35-9-8-34-16/h3-7,10-11,19,29H,8-9H2,1-2H3.